The molecule has 7 heteroatoms. The average molecular weight is 301 g/mol. The van der Waals surface area contributed by atoms with Crippen molar-refractivity contribution in [2.24, 2.45) is 0 Å². The second-order valence-corrected chi connectivity index (χ2v) is 5.99. The van der Waals surface area contributed by atoms with Crippen LogP contribution in [0.2, 0.25) is 0 Å². The summed E-state index contributed by atoms with van der Waals surface area (Å²) >= 11 is 0. The number of hydrogen-bond acceptors (Lipinski definition) is 3. The Morgan fingerprint density at radius 1 is 1.24 bits per heavy atom. The summed E-state index contributed by atoms with van der Waals surface area (Å²) in [6.45, 7) is -3.95. The lowest BCUT2D eigenvalue weighted by atomic mass is 9.78. The van der Waals surface area contributed by atoms with Crippen molar-refractivity contribution >= 4 is 6.98 Å². The van der Waals surface area contributed by atoms with Crippen LogP contribution in [-0.4, -0.2) is 55.5 Å². The Hall–Kier alpha value is -1.21. The van der Waals surface area contributed by atoms with E-state index in [1.807, 2.05) is 20.2 Å². The van der Waals surface area contributed by atoms with Gasteiger partial charge in [0.05, 0.1) is 0 Å². The summed E-state index contributed by atoms with van der Waals surface area (Å²) in [7, 11) is 3.88. The predicted octanol–water partition coefficient (Wildman–Crippen LogP) is 2.63. The summed E-state index contributed by atoms with van der Waals surface area (Å²) in [5, 5.41) is 9.67. The van der Waals surface area contributed by atoms with Gasteiger partial charge in [-0.25, -0.2) is 0 Å². The molecule has 0 aliphatic carbocycles. The lowest BCUT2D eigenvalue weighted by Gasteiger charge is -2.47. The quantitative estimate of drug-likeness (QED) is 0.866. The van der Waals surface area contributed by atoms with E-state index in [1.54, 1.807) is 18.2 Å². The number of phenols is 1. The van der Waals surface area contributed by atoms with Crippen LogP contribution in [0, 0.1) is 0 Å². The fourth-order valence-corrected chi connectivity index (χ4v) is 3.19. The molecule has 1 heterocycles. The molecule has 1 fully saturated rings. The third kappa shape index (κ3) is 3.71. The summed E-state index contributed by atoms with van der Waals surface area (Å²) < 4.78 is 37.6. The molecule has 3 nitrogen and oxygen atoms in total. The molecule has 118 valence electrons. The Balaban J connectivity index is 2.16. The number of rotatable bonds is 4. The molecule has 0 unspecified atom stereocenters. The van der Waals surface area contributed by atoms with Crippen LogP contribution in [0.3, 0.4) is 0 Å². The molecule has 1 saturated heterocycles. The summed E-state index contributed by atoms with van der Waals surface area (Å²) in [5.41, 5.74) is 0.651. The van der Waals surface area contributed by atoms with Crippen LogP contribution in [0.5, 0.6) is 5.75 Å². The van der Waals surface area contributed by atoms with Crippen molar-refractivity contribution in [2.75, 3.05) is 33.6 Å². The molecule has 1 aromatic rings. The van der Waals surface area contributed by atoms with Crippen LogP contribution in [0.25, 0.3) is 0 Å². The zero-order valence-electron chi connectivity index (χ0n) is 12.4. The SMILES string of the molecule is CN(C)C1(c2cccc(O)c2)CCN(C[B-](F)(F)F)CC1. The Morgan fingerprint density at radius 3 is 2.33 bits per heavy atom. The number of piperidine rings is 1. The van der Waals surface area contributed by atoms with E-state index in [0.717, 1.165) is 5.56 Å². The molecule has 0 saturated carbocycles. The molecule has 1 aliphatic rings. The molecule has 1 aliphatic heterocycles. The highest BCUT2D eigenvalue weighted by molar-refractivity contribution is 6.58. The summed E-state index contributed by atoms with van der Waals surface area (Å²) in [6.07, 6.45) is 0.453. The third-order valence-corrected chi connectivity index (χ3v) is 4.39. The van der Waals surface area contributed by atoms with Crippen LogP contribution in [0.15, 0.2) is 24.3 Å². The number of halogens is 3. The van der Waals surface area contributed by atoms with Gasteiger partial charge in [-0.3, -0.25) is 4.90 Å². The number of phenolic OH excluding ortho intramolecular Hbond substituents is 1. The lowest BCUT2D eigenvalue weighted by molar-refractivity contribution is 0.0574. The molecule has 0 aromatic heterocycles. The fraction of sp³-hybridized carbons (Fsp3) is 0.571. The number of aromatic hydroxyl groups is 1. The number of likely N-dealkylation sites (tertiary alicyclic amines) is 1. The third-order valence-electron chi connectivity index (χ3n) is 4.39. The first-order valence-corrected chi connectivity index (χ1v) is 7.13. The number of hydrogen-bond donors (Lipinski definition) is 1. The minimum atomic E-state index is -4.77. The normalized spacial score (nSPS) is 19.9. The van der Waals surface area contributed by atoms with Gasteiger partial charge in [-0.1, -0.05) is 12.1 Å². The first-order chi connectivity index (χ1) is 9.73. The maximum absolute atomic E-state index is 12.5. The van der Waals surface area contributed by atoms with Gasteiger partial charge in [0.15, 0.2) is 0 Å². The summed E-state index contributed by atoms with van der Waals surface area (Å²) in [4.78, 5) is 3.53. The van der Waals surface area contributed by atoms with Gasteiger partial charge < -0.3 is 23.0 Å². The van der Waals surface area contributed by atoms with Crippen molar-refractivity contribution in [3.05, 3.63) is 29.8 Å². The molecule has 1 aromatic carbocycles. The van der Waals surface area contributed by atoms with Gasteiger partial charge in [0, 0.05) is 5.54 Å². The molecule has 21 heavy (non-hydrogen) atoms. The monoisotopic (exact) mass is 301 g/mol. The fourth-order valence-electron chi connectivity index (χ4n) is 3.19. The number of nitrogens with zero attached hydrogens (tertiary/aromatic N) is 2. The van der Waals surface area contributed by atoms with Gasteiger partial charge in [-0.2, -0.15) is 0 Å². The topological polar surface area (TPSA) is 26.7 Å². The van der Waals surface area contributed by atoms with E-state index in [0.29, 0.717) is 25.9 Å². The van der Waals surface area contributed by atoms with Crippen molar-refractivity contribution < 1.29 is 18.1 Å². The second kappa shape index (κ2) is 5.89. The van der Waals surface area contributed by atoms with Crippen LogP contribution < -0.4 is 0 Å². The Kier molecular flexibility index (Phi) is 4.53. The van der Waals surface area contributed by atoms with E-state index in [1.165, 1.54) is 4.90 Å². The lowest BCUT2D eigenvalue weighted by Crippen LogP contribution is -2.52. The van der Waals surface area contributed by atoms with Crippen LogP contribution in [0.1, 0.15) is 18.4 Å². The zero-order valence-corrected chi connectivity index (χ0v) is 12.4. The minimum absolute atomic E-state index is 0.190. The van der Waals surface area contributed by atoms with Crippen LogP contribution >= 0.6 is 0 Å². The molecule has 0 bridgehead atoms. The number of benzene rings is 1. The summed E-state index contributed by atoms with van der Waals surface area (Å²) in [5.74, 6) is 0.190. The average Bonchev–Trinajstić information content (AvgIpc) is 2.37. The van der Waals surface area contributed by atoms with Gasteiger partial charge in [-0.05, 0) is 64.2 Å². The highest BCUT2D eigenvalue weighted by Gasteiger charge is 2.39. The molecule has 0 spiro atoms. The van der Waals surface area contributed by atoms with Crippen molar-refractivity contribution in [3.8, 4) is 5.75 Å². The van der Waals surface area contributed by atoms with Gasteiger partial charge in [0.1, 0.15) is 5.75 Å². The van der Waals surface area contributed by atoms with E-state index >= 15 is 0 Å². The van der Waals surface area contributed by atoms with Crippen molar-refractivity contribution in [3.63, 3.8) is 0 Å². The van der Waals surface area contributed by atoms with E-state index in [9.17, 15) is 18.1 Å². The largest absolute Gasteiger partial charge is 0.508 e. The Morgan fingerprint density at radius 2 is 1.86 bits per heavy atom. The molecule has 2 rings (SSSR count). The maximum Gasteiger partial charge on any atom is 0.492 e. The maximum atomic E-state index is 12.5. The Bertz CT molecular complexity index is 485. The standard InChI is InChI=1S/C14H21BF3N2O/c1-19(2)14(12-4-3-5-13(21)10-12)6-8-20(9-7-14)11-15(16,17)18/h3-5,10,21H,6-9,11H2,1-2H3/q-1. The molecular formula is C14H21BF3N2O-. The molecule has 0 radical (unpaired) electrons. The van der Waals surface area contributed by atoms with Gasteiger partial charge >= 0.3 is 6.98 Å². The van der Waals surface area contributed by atoms with E-state index < -0.39 is 13.4 Å². The van der Waals surface area contributed by atoms with Crippen LogP contribution in [0.4, 0.5) is 12.9 Å². The second-order valence-electron chi connectivity index (χ2n) is 5.99. The first-order valence-electron chi connectivity index (χ1n) is 7.13. The smallest absolute Gasteiger partial charge is 0.492 e. The first kappa shape index (κ1) is 16.2. The highest BCUT2D eigenvalue weighted by atomic mass is 19.4. The Labute approximate surface area is 123 Å². The van der Waals surface area contributed by atoms with Crippen LogP contribution in [-0.2, 0) is 5.54 Å². The van der Waals surface area contributed by atoms with Gasteiger partial charge in [-0.15, -0.1) is 0 Å². The zero-order chi connectivity index (χ0) is 15.7. The van der Waals surface area contributed by atoms with Crippen molar-refractivity contribution in [2.45, 2.75) is 18.4 Å². The van der Waals surface area contributed by atoms with Crippen molar-refractivity contribution in [1.82, 2.24) is 9.80 Å². The van der Waals surface area contributed by atoms with Gasteiger partial charge in [0.2, 0.25) is 0 Å². The highest BCUT2D eigenvalue weighted by Crippen LogP contribution is 2.38. The van der Waals surface area contributed by atoms with E-state index in [-0.39, 0.29) is 11.3 Å². The molecule has 0 atom stereocenters. The van der Waals surface area contributed by atoms with E-state index in [2.05, 4.69) is 4.90 Å². The van der Waals surface area contributed by atoms with Crippen molar-refractivity contribution in [1.29, 1.82) is 0 Å². The molecule has 0 amide bonds. The summed E-state index contributed by atoms with van der Waals surface area (Å²) in [6, 6.07) is 7.03. The minimum Gasteiger partial charge on any atom is -0.508 e. The molecular weight excluding hydrogens is 280 g/mol. The predicted molar refractivity (Wildman–Crippen MR) is 78.2 cm³/mol. The van der Waals surface area contributed by atoms with Gasteiger partial charge in [0.25, 0.3) is 0 Å². The van der Waals surface area contributed by atoms with E-state index in [4.69, 9.17) is 0 Å². The molecule has 1 N–H and O–H groups in total.